The highest BCUT2D eigenvalue weighted by molar-refractivity contribution is 7.14. The summed E-state index contributed by atoms with van der Waals surface area (Å²) >= 11 is 1.44. The molecule has 0 bridgehead atoms. The lowest BCUT2D eigenvalue weighted by atomic mass is 10.1. The molecule has 5 nitrogen and oxygen atoms in total. The summed E-state index contributed by atoms with van der Waals surface area (Å²) in [6, 6.07) is 10.8. The first-order valence-corrected chi connectivity index (χ1v) is 9.13. The van der Waals surface area contributed by atoms with Crippen LogP contribution < -0.4 is 10.6 Å². The summed E-state index contributed by atoms with van der Waals surface area (Å²) < 4.78 is 0. The van der Waals surface area contributed by atoms with Crippen LogP contribution in [0.3, 0.4) is 0 Å². The third kappa shape index (κ3) is 5.00. The Morgan fingerprint density at radius 2 is 1.92 bits per heavy atom. The van der Waals surface area contributed by atoms with Crippen molar-refractivity contribution in [3.63, 3.8) is 0 Å². The predicted molar refractivity (Wildman–Crippen MR) is 98.2 cm³/mol. The molecular weight excluding hydrogens is 336 g/mol. The molecule has 1 heterocycles. The minimum Gasteiger partial charge on any atom is -0.349 e. The van der Waals surface area contributed by atoms with Crippen molar-refractivity contribution in [3.05, 3.63) is 51.7 Å². The number of aryl methyl sites for hydroxylation is 1. The van der Waals surface area contributed by atoms with Crippen LogP contribution in [0.2, 0.25) is 0 Å². The first-order valence-electron chi connectivity index (χ1n) is 8.31. The van der Waals surface area contributed by atoms with Crippen molar-refractivity contribution in [1.82, 2.24) is 5.32 Å². The van der Waals surface area contributed by atoms with Crippen molar-refractivity contribution in [3.8, 4) is 0 Å². The van der Waals surface area contributed by atoms with Crippen molar-refractivity contribution in [1.29, 1.82) is 0 Å². The molecule has 6 heteroatoms. The number of ketones is 1. The highest BCUT2D eigenvalue weighted by Crippen LogP contribution is 2.20. The molecule has 1 aromatic carbocycles. The van der Waals surface area contributed by atoms with Crippen LogP contribution in [0, 0.1) is 6.92 Å². The van der Waals surface area contributed by atoms with Crippen molar-refractivity contribution < 1.29 is 14.4 Å². The van der Waals surface area contributed by atoms with E-state index in [-0.39, 0.29) is 36.5 Å². The van der Waals surface area contributed by atoms with Crippen molar-refractivity contribution in [2.75, 3.05) is 5.32 Å². The van der Waals surface area contributed by atoms with E-state index in [2.05, 4.69) is 10.6 Å². The highest BCUT2D eigenvalue weighted by atomic mass is 32.1. The number of hydrogen-bond donors (Lipinski definition) is 2. The summed E-state index contributed by atoms with van der Waals surface area (Å²) in [6.07, 6.45) is 2.35. The summed E-state index contributed by atoms with van der Waals surface area (Å²) in [5.41, 5.74) is 1.09. The SMILES string of the molecule is Cc1ccc(C(=O)CCC(=O)Nc2cccc(C(=O)NC3CC3)c2)s1. The van der Waals surface area contributed by atoms with Gasteiger partial charge in [0.1, 0.15) is 0 Å². The monoisotopic (exact) mass is 356 g/mol. The first-order chi connectivity index (χ1) is 12.0. The molecule has 1 fully saturated rings. The average molecular weight is 356 g/mol. The van der Waals surface area contributed by atoms with Gasteiger partial charge < -0.3 is 10.6 Å². The molecule has 1 aliphatic carbocycles. The Hall–Kier alpha value is -2.47. The van der Waals surface area contributed by atoms with Crippen LogP contribution in [0.15, 0.2) is 36.4 Å². The fourth-order valence-corrected chi connectivity index (χ4v) is 3.23. The molecule has 1 aliphatic rings. The smallest absolute Gasteiger partial charge is 0.251 e. The van der Waals surface area contributed by atoms with E-state index in [1.807, 2.05) is 13.0 Å². The van der Waals surface area contributed by atoms with Gasteiger partial charge in [0, 0.05) is 35.0 Å². The second-order valence-electron chi connectivity index (χ2n) is 6.21. The Morgan fingerprint density at radius 3 is 2.60 bits per heavy atom. The van der Waals surface area contributed by atoms with Crippen LogP contribution in [-0.4, -0.2) is 23.6 Å². The highest BCUT2D eigenvalue weighted by Gasteiger charge is 2.23. The Morgan fingerprint density at radius 1 is 1.12 bits per heavy atom. The number of carbonyl (C=O) groups excluding carboxylic acids is 3. The van der Waals surface area contributed by atoms with E-state index in [4.69, 9.17) is 0 Å². The Labute approximate surface area is 150 Å². The zero-order valence-corrected chi connectivity index (χ0v) is 14.8. The lowest BCUT2D eigenvalue weighted by Crippen LogP contribution is -2.25. The summed E-state index contributed by atoms with van der Waals surface area (Å²) in [7, 11) is 0. The molecule has 0 unspecified atom stereocenters. The normalized spacial score (nSPS) is 13.3. The van der Waals surface area contributed by atoms with Crippen LogP contribution in [-0.2, 0) is 4.79 Å². The zero-order chi connectivity index (χ0) is 17.8. The third-order valence-corrected chi connectivity index (χ3v) is 4.96. The quantitative estimate of drug-likeness (QED) is 0.745. The molecule has 0 spiro atoms. The second-order valence-corrected chi connectivity index (χ2v) is 7.50. The second kappa shape index (κ2) is 7.61. The maximum Gasteiger partial charge on any atom is 0.251 e. The first kappa shape index (κ1) is 17.4. The number of amides is 2. The van der Waals surface area contributed by atoms with E-state index in [1.165, 1.54) is 11.3 Å². The summed E-state index contributed by atoms with van der Waals surface area (Å²) in [6.45, 7) is 1.94. The van der Waals surface area contributed by atoms with E-state index in [9.17, 15) is 14.4 Å². The Balaban J connectivity index is 1.52. The molecule has 0 radical (unpaired) electrons. The molecule has 0 saturated heterocycles. The van der Waals surface area contributed by atoms with Gasteiger partial charge in [-0.2, -0.15) is 0 Å². The molecule has 2 N–H and O–H groups in total. The van der Waals surface area contributed by atoms with Crippen LogP contribution in [0.25, 0.3) is 0 Å². The van der Waals surface area contributed by atoms with Gasteiger partial charge in [0.2, 0.25) is 5.91 Å². The standard InChI is InChI=1S/C19H20N2O3S/c1-12-5-9-17(25-12)16(22)8-10-18(23)20-15-4-2-3-13(11-15)19(24)21-14-6-7-14/h2-5,9,11,14H,6-8,10H2,1H3,(H,20,23)(H,21,24). The van der Waals surface area contributed by atoms with E-state index < -0.39 is 0 Å². The number of nitrogens with one attached hydrogen (secondary N) is 2. The minimum atomic E-state index is -0.235. The van der Waals surface area contributed by atoms with Crippen molar-refractivity contribution in [2.24, 2.45) is 0 Å². The maximum atomic E-state index is 12.1. The predicted octanol–water partition coefficient (Wildman–Crippen LogP) is 3.55. The van der Waals surface area contributed by atoms with E-state index >= 15 is 0 Å². The lowest BCUT2D eigenvalue weighted by Gasteiger charge is -2.08. The number of hydrogen-bond acceptors (Lipinski definition) is 4. The fourth-order valence-electron chi connectivity index (χ4n) is 2.39. The molecule has 2 amide bonds. The Bertz CT molecular complexity index is 809. The lowest BCUT2D eigenvalue weighted by molar-refractivity contribution is -0.116. The molecule has 25 heavy (non-hydrogen) atoms. The van der Waals surface area contributed by atoms with Gasteiger partial charge in [0.05, 0.1) is 4.88 Å². The number of anilines is 1. The van der Waals surface area contributed by atoms with E-state index in [0.717, 1.165) is 17.7 Å². The number of carbonyl (C=O) groups is 3. The van der Waals surface area contributed by atoms with Gasteiger partial charge in [0.15, 0.2) is 5.78 Å². The molecule has 1 saturated carbocycles. The number of thiophene rings is 1. The topological polar surface area (TPSA) is 75.3 Å². The van der Waals surface area contributed by atoms with Crippen LogP contribution >= 0.6 is 11.3 Å². The summed E-state index contributed by atoms with van der Waals surface area (Å²) in [5.74, 6) is -0.381. The van der Waals surface area contributed by atoms with E-state index in [0.29, 0.717) is 16.1 Å². The van der Waals surface area contributed by atoms with Crippen molar-refractivity contribution in [2.45, 2.75) is 38.6 Å². The summed E-state index contributed by atoms with van der Waals surface area (Å²) in [5, 5.41) is 5.67. The van der Waals surface area contributed by atoms with Crippen LogP contribution in [0.4, 0.5) is 5.69 Å². The molecule has 0 aliphatic heterocycles. The maximum absolute atomic E-state index is 12.1. The zero-order valence-electron chi connectivity index (χ0n) is 14.0. The van der Waals surface area contributed by atoms with Gasteiger partial charge in [-0.15, -0.1) is 11.3 Å². The molecule has 2 aromatic rings. The average Bonchev–Trinajstić information content (AvgIpc) is 3.30. The van der Waals surface area contributed by atoms with Gasteiger partial charge in [0.25, 0.3) is 5.91 Å². The number of rotatable bonds is 7. The number of benzene rings is 1. The van der Waals surface area contributed by atoms with Gasteiger partial charge in [-0.05, 0) is 50.1 Å². The Kier molecular flexibility index (Phi) is 5.28. The van der Waals surface area contributed by atoms with Gasteiger partial charge in [-0.1, -0.05) is 6.07 Å². The fraction of sp³-hybridized carbons (Fsp3) is 0.316. The third-order valence-electron chi connectivity index (χ3n) is 3.92. The van der Waals surface area contributed by atoms with Crippen LogP contribution in [0.1, 0.15) is 50.6 Å². The molecule has 1 aromatic heterocycles. The molecule has 130 valence electrons. The van der Waals surface area contributed by atoms with Gasteiger partial charge in [-0.3, -0.25) is 14.4 Å². The molecule has 0 atom stereocenters. The van der Waals surface area contributed by atoms with E-state index in [1.54, 1.807) is 30.3 Å². The number of Topliss-reactive ketones (excluding diaryl/α,β-unsaturated/α-hetero) is 1. The van der Waals surface area contributed by atoms with Gasteiger partial charge in [-0.25, -0.2) is 0 Å². The molecular formula is C19H20N2O3S. The van der Waals surface area contributed by atoms with Crippen LogP contribution in [0.5, 0.6) is 0 Å². The van der Waals surface area contributed by atoms with Crippen molar-refractivity contribution >= 4 is 34.6 Å². The van der Waals surface area contributed by atoms with Gasteiger partial charge >= 0.3 is 0 Å². The molecule has 3 rings (SSSR count). The summed E-state index contributed by atoms with van der Waals surface area (Å²) in [4.78, 5) is 37.9. The minimum absolute atomic E-state index is 0.0224. The largest absolute Gasteiger partial charge is 0.349 e.